The van der Waals surface area contributed by atoms with Crippen molar-refractivity contribution >= 4 is 58.8 Å². The summed E-state index contributed by atoms with van der Waals surface area (Å²) in [5, 5.41) is 11.3. The van der Waals surface area contributed by atoms with E-state index < -0.39 is 35.0 Å². The molecule has 9 rings (SSSR count). The molecule has 60 heavy (non-hydrogen) atoms. The molecule has 6 atom stereocenters. The van der Waals surface area contributed by atoms with Gasteiger partial charge in [-0.15, -0.1) is 0 Å². The number of carbonyl (C=O) groups is 4. The van der Waals surface area contributed by atoms with E-state index in [-0.39, 0.29) is 35.8 Å². The Morgan fingerprint density at radius 3 is 2.15 bits per heavy atom. The number of anilines is 2. The number of halogens is 1. The fraction of sp³-hybridized carbons (Fsp3) is 0.240. The molecule has 302 valence electrons. The van der Waals surface area contributed by atoms with Gasteiger partial charge in [-0.1, -0.05) is 96.1 Å². The molecule has 3 fully saturated rings. The number of benzene rings is 5. The number of allylic oxidation sites excluding steroid dienone is 2. The number of hydrogen-bond donors (Lipinski definition) is 1. The lowest BCUT2D eigenvalue weighted by Crippen LogP contribution is -2.53. The normalized spacial score (nSPS) is 24.7. The predicted octanol–water partition coefficient (Wildman–Crippen LogP) is 9.22. The van der Waals surface area contributed by atoms with Crippen molar-refractivity contribution < 1.29 is 33.8 Å². The zero-order valence-electron chi connectivity index (χ0n) is 33.6. The summed E-state index contributed by atoms with van der Waals surface area (Å²) in [6, 6.07) is 32.7. The second-order valence-corrected chi connectivity index (χ2v) is 16.6. The summed E-state index contributed by atoms with van der Waals surface area (Å²) < 4.78 is 10.9. The first-order valence-corrected chi connectivity index (χ1v) is 20.4. The Labute approximate surface area is 353 Å². The van der Waals surface area contributed by atoms with Gasteiger partial charge < -0.3 is 14.6 Å². The van der Waals surface area contributed by atoms with Gasteiger partial charge in [0, 0.05) is 16.5 Å². The minimum atomic E-state index is -1.41. The van der Waals surface area contributed by atoms with Crippen molar-refractivity contribution in [1.29, 1.82) is 0 Å². The number of aryl methyl sites for hydroxylation is 2. The van der Waals surface area contributed by atoms with Gasteiger partial charge >= 0.3 is 0 Å². The van der Waals surface area contributed by atoms with Crippen LogP contribution in [0.15, 0.2) is 121 Å². The zero-order chi connectivity index (χ0) is 42.0. The summed E-state index contributed by atoms with van der Waals surface area (Å²) in [5.74, 6) is -3.34. The molecule has 0 aromatic heterocycles. The summed E-state index contributed by atoms with van der Waals surface area (Å²) in [6.45, 7) is 3.63. The predicted molar refractivity (Wildman–Crippen MR) is 231 cm³/mol. The van der Waals surface area contributed by atoms with E-state index in [0.717, 1.165) is 22.3 Å². The maximum absolute atomic E-state index is 15.5. The highest BCUT2D eigenvalue weighted by molar-refractivity contribution is 6.32. The van der Waals surface area contributed by atoms with E-state index in [2.05, 4.69) is 0 Å². The molecule has 10 heteroatoms. The topological polar surface area (TPSA) is 113 Å². The number of nitrogens with zero attached hydrogens (tertiary/aromatic N) is 2. The Morgan fingerprint density at radius 2 is 1.47 bits per heavy atom. The zero-order valence-corrected chi connectivity index (χ0v) is 34.4. The van der Waals surface area contributed by atoms with Crippen LogP contribution in [0.25, 0.3) is 12.2 Å². The van der Waals surface area contributed by atoms with Crippen molar-refractivity contribution in [2.24, 2.45) is 23.7 Å². The number of rotatable bonds is 8. The van der Waals surface area contributed by atoms with E-state index in [9.17, 15) is 14.7 Å². The number of phenolic OH excluding ortho intramolecular Hbond substituents is 1. The average Bonchev–Trinajstić information content (AvgIpc) is 3.65. The lowest BCUT2D eigenvalue weighted by Gasteiger charge is -2.51. The van der Waals surface area contributed by atoms with Gasteiger partial charge in [0.2, 0.25) is 23.6 Å². The maximum Gasteiger partial charge on any atom is 0.246 e. The van der Waals surface area contributed by atoms with Crippen molar-refractivity contribution in [3.05, 3.63) is 159 Å². The van der Waals surface area contributed by atoms with E-state index >= 15 is 9.59 Å². The van der Waals surface area contributed by atoms with Gasteiger partial charge in [-0.2, -0.15) is 0 Å². The van der Waals surface area contributed by atoms with Crippen molar-refractivity contribution in [3.8, 4) is 17.2 Å². The quantitative estimate of drug-likeness (QED) is 0.0944. The van der Waals surface area contributed by atoms with Crippen LogP contribution in [0.3, 0.4) is 0 Å². The van der Waals surface area contributed by atoms with Gasteiger partial charge in [-0.3, -0.25) is 24.1 Å². The summed E-state index contributed by atoms with van der Waals surface area (Å²) >= 11 is 6.45. The Morgan fingerprint density at radius 1 is 0.733 bits per heavy atom. The van der Waals surface area contributed by atoms with Gasteiger partial charge in [0.25, 0.3) is 0 Å². The van der Waals surface area contributed by atoms with E-state index in [1.807, 2.05) is 105 Å². The molecule has 0 bridgehead atoms. The highest BCUT2D eigenvalue weighted by atomic mass is 35.5. The van der Waals surface area contributed by atoms with E-state index in [1.165, 1.54) is 9.80 Å². The van der Waals surface area contributed by atoms with Crippen LogP contribution in [0.2, 0.25) is 5.02 Å². The van der Waals surface area contributed by atoms with Crippen molar-refractivity contribution in [2.75, 3.05) is 24.0 Å². The molecule has 4 aliphatic rings. The number of aromatic hydroxyl groups is 1. The molecule has 0 radical (unpaired) electrons. The van der Waals surface area contributed by atoms with Crippen LogP contribution in [0, 0.1) is 37.5 Å². The third-order valence-corrected chi connectivity index (χ3v) is 13.3. The lowest BCUT2D eigenvalue weighted by atomic mass is 9.49. The second kappa shape index (κ2) is 15.0. The van der Waals surface area contributed by atoms with E-state index in [4.69, 9.17) is 21.1 Å². The monoisotopic (exact) mass is 818 g/mol. The number of imide groups is 2. The summed E-state index contributed by atoms with van der Waals surface area (Å²) in [4.78, 5) is 62.4. The van der Waals surface area contributed by atoms with Gasteiger partial charge in [0.15, 0.2) is 0 Å². The Bertz CT molecular complexity index is 2630. The molecular weight excluding hydrogens is 776 g/mol. The molecule has 0 unspecified atom stereocenters. The smallest absolute Gasteiger partial charge is 0.246 e. The number of methoxy groups -OCH3 is 2. The lowest BCUT2D eigenvalue weighted by molar-refractivity contribution is -0.127. The molecule has 2 aliphatic carbocycles. The largest absolute Gasteiger partial charge is 0.507 e. The Kier molecular flexibility index (Phi) is 9.75. The molecule has 2 saturated heterocycles. The van der Waals surface area contributed by atoms with Crippen molar-refractivity contribution in [3.63, 3.8) is 0 Å². The Hall–Kier alpha value is -6.45. The van der Waals surface area contributed by atoms with Crippen LogP contribution in [0.1, 0.15) is 52.1 Å². The number of phenols is 1. The van der Waals surface area contributed by atoms with E-state index in [0.29, 0.717) is 51.0 Å². The molecule has 2 aliphatic heterocycles. The summed E-state index contributed by atoms with van der Waals surface area (Å²) in [7, 11) is 3.21. The first kappa shape index (κ1) is 39.0. The highest BCUT2D eigenvalue weighted by Gasteiger charge is 2.70. The van der Waals surface area contributed by atoms with Crippen LogP contribution in [-0.2, 0) is 24.6 Å². The van der Waals surface area contributed by atoms with Crippen molar-refractivity contribution in [2.45, 2.75) is 38.0 Å². The first-order valence-electron chi connectivity index (χ1n) is 20.1. The average molecular weight is 819 g/mol. The van der Waals surface area contributed by atoms with E-state index in [1.54, 1.807) is 50.6 Å². The maximum atomic E-state index is 15.5. The fourth-order valence-corrected chi connectivity index (χ4v) is 10.6. The van der Waals surface area contributed by atoms with Crippen LogP contribution in [-0.4, -0.2) is 43.0 Å². The molecule has 9 nitrogen and oxygen atoms in total. The number of carbonyl (C=O) groups excluding carboxylic acids is 4. The fourth-order valence-electron chi connectivity index (χ4n) is 10.4. The minimum absolute atomic E-state index is 0.150. The standard InChI is InChI=1S/C50H43ClN2O7/c1-28-23-32(24-29(2)45(28)54)44-38-20-21-39-43(48(57)52(46(39)55)35-17-14-30(15-18-35)13-16-31-25-37(59-3)19-22-42(31)60-4)40(38)27-41-47(56)53(36-12-8-11-34(51)26-36)49(58)50(41,44)33-9-6-5-7-10-33/h5-20,22-26,39-41,43-44,54H,21,27H2,1-4H3/t39-,40+,41-,43-,44-,50+/m0/s1. The SMILES string of the molecule is COc1ccc(OC)c(C=Cc2ccc(N3C(=O)[C@H]4[C@H](CC=C5[C@H]4C[C@H]4C(=O)N(c6cccc(Cl)c6)C(=O)[C@@]4(c4ccccc4)[C@H]5c4cc(C)c(O)c(C)c4)C3=O)cc2)c1. The third kappa shape index (κ3) is 5.97. The molecule has 1 N–H and O–H groups in total. The molecule has 1 saturated carbocycles. The van der Waals surface area contributed by atoms with Gasteiger partial charge in [0.1, 0.15) is 17.2 Å². The molecule has 2 heterocycles. The van der Waals surface area contributed by atoms with Crippen LogP contribution in [0.4, 0.5) is 11.4 Å². The number of hydrogen-bond acceptors (Lipinski definition) is 7. The molecule has 4 amide bonds. The number of ether oxygens (including phenoxy) is 2. The number of fused-ring (bicyclic) bond motifs is 4. The van der Waals surface area contributed by atoms with Crippen LogP contribution < -0.4 is 19.3 Å². The summed E-state index contributed by atoms with van der Waals surface area (Å²) in [6.07, 6.45) is 6.36. The third-order valence-electron chi connectivity index (χ3n) is 13.1. The Balaban J connectivity index is 1.13. The van der Waals surface area contributed by atoms with Gasteiger partial charge in [-0.05, 0) is 109 Å². The van der Waals surface area contributed by atoms with Crippen LogP contribution >= 0.6 is 11.6 Å². The second-order valence-electron chi connectivity index (χ2n) is 16.1. The first-order chi connectivity index (χ1) is 29.0. The van der Waals surface area contributed by atoms with Gasteiger partial charge in [-0.25, -0.2) is 4.90 Å². The molecular formula is C50H43ClN2O7. The van der Waals surface area contributed by atoms with Crippen molar-refractivity contribution in [1.82, 2.24) is 0 Å². The van der Waals surface area contributed by atoms with Gasteiger partial charge in [0.05, 0.1) is 48.8 Å². The highest BCUT2D eigenvalue weighted by Crippen LogP contribution is 2.65. The number of amides is 4. The summed E-state index contributed by atoms with van der Waals surface area (Å²) in [5.41, 5.74) is 4.65. The molecule has 0 spiro atoms. The molecule has 5 aromatic rings. The minimum Gasteiger partial charge on any atom is -0.507 e. The van der Waals surface area contributed by atoms with Crippen LogP contribution in [0.5, 0.6) is 17.2 Å². The molecule has 5 aromatic carbocycles.